The Morgan fingerprint density at radius 1 is 0.964 bits per heavy atom. The summed E-state index contributed by atoms with van der Waals surface area (Å²) in [6, 6.07) is 10.3. The summed E-state index contributed by atoms with van der Waals surface area (Å²) in [5.74, 6) is -1.39. The monoisotopic (exact) mass is 380 g/mol. The number of Topliss-reactive ketones (excluding diaryl/α,β-unsaturated/α-hetero) is 1. The van der Waals surface area contributed by atoms with E-state index in [9.17, 15) is 20.1 Å². The Hall–Kier alpha value is -3.01. The molecule has 0 heterocycles. The lowest BCUT2D eigenvalue weighted by atomic mass is 9.96. The van der Waals surface area contributed by atoms with Crippen LogP contribution >= 0.6 is 0 Å². The van der Waals surface area contributed by atoms with Crippen molar-refractivity contribution in [1.29, 1.82) is 0 Å². The molecule has 4 nitrogen and oxygen atoms in total. The van der Waals surface area contributed by atoms with E-state index in [4.69, 9.17) is 0 Å². The van der Waals surface area contributed by atoms with Gasteiger partial charge in [-0.25, -0.2) is 0 Å². The molecule has 0 unspecified atom stereocenters. The van der Waals surface area contributed by atoms with Crippen molar-refractivity contribution in [1.82, 2.24) is 0 Å². The third-order valence-electron chi connectivity index (χ3n) is 4.59. The van der Waals surface area contributed by atoms with E-state index in [1.807, 2.05) is 43.3 Å². The van der Waals surface area contributed by atoms with Crippen molar-refractivity contribution in [2.45, 2.75) is 46.5 Å². The first-order valence-electron chi connectivity index (χ1n) is 9.42. The Labute approximate surface area is 166 Å². The van der Waals surface area contributed by atoms with E-state index in [0.29, 0.717) is 0 Å². The van der Waals surface area contributed by atoms with Crippen LogP contribution in [0.15, 0.2) is 59.7 Å². The van der Waals surface area contributed by atoms with Gasteiger partial charge < -0.3 is 15.3 Å². The standard InChI is InChI=1S/C24H28O4/c1-16(2)8-7-9-17(3)12-13-19-20(25)15-22(27)23(24(19)28)21(26)14-18-10-5-4-6-11-18/h4-6,8,10-12,15,25,27-28H,7,9,13-14H2,1-3H3. The molecule has 0 saturated carbocycles. The number of hydrogen-bond donors (Lipinski definition) is 3. The second kappa shape index (κ2) is 9.79. The fraction of sp³-hybridized carbons (Fsp3) is 0.292. The Kier molecular flexibility index (Phi) is 7.44. The SMILES string of the molecule is CC(C)=CCCC(C)=CCc1c(O)cc(O)c(C(=O)Cc2ccccc2)c1O. The first-order valence-corrected chi connectivity index (χ1v) is 9.42. The van der Waals surface area contributed by atoms with Crippen LogP contribution < -0.4 is 0 Å². The molecular formula is C24H28O4. The average molecular weight is 380 g/mol. The zero-order chi connectivity index (χ0) is 20.7. The van der Waals surface area contributed by atoms with Gasteiger partial charge in [-0.3, -0.25) is 4.79 Å². The van der Waals surface area contributed by atoms with Crippen molar-refractivity contribution < 1.29 is 20.1 Å². The molecule has 4 heteroatoms. The molecule has 0 bridgehead atoms. The van der Waals surface area contributed by atoms with Crippen molar-refractivity contribution in [2.75, 3.05) is 0 Å². The van der Waals surface area contributed by atoms with Gasteiger partial charge in [-0.2, -0.15) is 0 Å². The molecule has 0 atom stereocenters. The molecule has 28 heavy (non-hydrogen) atoms. The Morgan fingerprint density at radius 3 is 2.29 bits per heavy atom. The number of phenols is 3. The average Bonchev–Trinajstić information content (AvgIpc) is 2.61. The zero-order valence-electron chi connectivity index (χ0n) is 16.7. The maximum atomic E-state index is 12.6. The third-order valence-corrected chi connectivity index (χ3v) is 4.59. The number of benzene rings is 2. The van der Waals surface area contributed by atoms with Crippen LogP contribution in [-0.2, 0) is 12.8 Å². The highest BCUT2D eigenvalue weighted by atomic mass is 16.3. The molecule has 0 aliphatic carbocycles. The fourth-order valence-corrected chi connectivity index (χ4v) is 2.99. The summed E-state index contributed by atoms with van der Waals surface area (Å²) in [5, 5.41) is 30.9. The van der Waals surface area contributed by atoms with E-state index in [0.717, 1.165) is 30.0 Å². The molecule has 0 fully saturated rings. The molecule has 2 aromatic rings. The van der Waals surface area contributed by atoms with Gasteiger partial charge in [-0.15, -0.1) is 0 Å². The van der Waals surface area contributed by atoms with Gasteiger partial charge in [0.1, 0.15) is 22.8 Å². The highest BCUT2D eigenvalue weighted by Gasteiger charge is 2.22. The second-order valence-electron chi connectivity index (χ2n) is 7.28. The summed E-state index contributed by atoms with van der Waals surface area (Å²) in [6.07, 6.45) is 6.24. The summed E-state index contributed by atoms with van der Waals surface area (Å²) in [7, 11) is 0. The molecule has 0 amide bonds. The molecule has 0 aromatic heterocycles. The van der Waals surface area contributed by atoms with E-state index < -0.39 is 11.5 Å². The molecule has 0 saturated heterocycles. The van der Waals surface area contributed by atoms with Crippen molar-refractivity contribution in [2.24, 2.45) is 0 Å². The van der Waals surface area contributed by atoms with Crippen LogP contribution in [0, 0.1) is 0 Å². The number of carbonyl (C=O) groups is 1. The van der Waals surface area contributed by atoms with E-state index >= 15 is 0 Å². The van der Waals surface area contributed by atoms with Crippen LogP contribution in [0.3, 0.4) is 0 Å². The van der Waals surface area contributed by atoms with E-state index in [1.165, 1.54) is 5.57 Å². The van der Waals surface area contributed by atoms with Gasteiger partial charge in [0.05, 0.1) is 0 Å². The Bertz CT molecular complexity index is 889. The molecule has 0 aliphatic rings. The minimum Gasteiger partial charge on any atom is -0.507 e. The summed E-state index contributed by atoms with van der Waals surface area (Å²) in [4.78, 5) is 12.6. The molecule has 2 rings (SSSR count). The number of carbonyl (C=O) groups excluding carboxylic acids is 1. The van der Waals surface area contributed by atoms with E-state index in [1.54, 1.807) is 0 Å². The van der Waals surface area contributed by atoms with Gasteiger partial charge in [-0.05, 0) is 45.6 Å². The van der Waals surface area contributed by atoms with Crippen molar-refractivity contribution in [3.63, 3.8) is 0 Å². The number of allylic oxidation sites excluding steroid dienone is 4. The van der Waals surface area contributed by atoms with Crippen LogP contribution in [0.25, 0.3) is 0 Å². The van der Waals surface area contributed by atoms with Crippen LogP contribution in [0.5, 0.6) is 17.2 Å². The predicted molar refractivity (Wildman–Crippen MR) is 112 cm³/mol. The largest absolute Gasteiger partial charge is 0.507 e. The van der Waals surface area contributed by atoms with Gasteiger partial charge in [0, 0.05) is 18.1 Å². The van der Waals surface area contributed by atoms with Gasteiger partial charge in [0.15, 0.2) is 5.78 Å². The molecule has 3 N–H and O–H groups in total. The quantitative estimate of drug-likeness (QED) is 0.419. The molecule has 2 aromatic carbocycles. The van der Waals surface area contributed by atoms with Crippen LogP contribution in [0.4, 0.5) is 0 Å². The number of rotatable bonds is 8. The van der Waals surface area contributed by atoms with Crippen LogP contribution in [0.1, 0.15) is 55.1 Å². The first-order chi connectivity index (χ1) is 13.3. The van der Waals surface area contributed by atoms with E-state index in [2.05, 4.69) is 19.9 Å². The molecular weight excluding hydrogens is 352 g/mol. The van der Waals surface area contributed by atoms with Crippen molar-refractivity contribution in [3.05, 3.63) is 76.4 Å². The smallest absolute Gasteiger partial charge is 0.174 e. The van der Waals surface area contributed by atoms with Gasteiger partial charge in [0.25, 0.3) is 0 Å². The second-order valence-corrected chi connectivity index (χ2v) is 7.28. The topological polar surface area (TPSA) is 77.8 Å². The molecule has 0 spiro atoms. The summed E-state index contributed by atoms with van der Waals surface area (Å²) >= 11 is 0. The minimum absolute atomic E-state index is 0.0593. The fourth-order valence-electron chi connectivity index (χ4n) is 2.99. The number of phenolic OH excluding ortho intramolecular Hbond substituents is 3. The van der Waals surface area contributed by atoms with E-state index in [-0.39, 0.29) is 35.5 Å². The third kappa shape index (κ3) is 5.74. The molecule has 0 radical (unpaired) electrons. The number of hydrogen-bond acceptors (Lipinski definition) is 4. The number of aromatic hydroxyl groups is 3. The van der Waals surface area contributed by atoms with Gasteiger partial charge >= 0.3 is 0 Å². The normalized spacial score (nSPS) is 11.3. The molecule has 0 aliphatic heterocycles. The first kappa shape index (κ1) is 21.3. The zero-order valence-corrected chi connectivity index (χ0v) is 16.7. The lowest BCUT2D eigenvalue weighted by Gasteiger charge is -2.12. The Morgan fingerprint density at radius 2 is 1.64 bits per heavy atom. The molecule has 148 valence electrons. The summed E-state index contributed by atoms with van der Waals surface area (Å²) < 4.78 is 0. The lowest BCUT2D eigenvalue weighted by Crippen LogP contribution is -2.06. The van der Waals surface area contributed by atoms with Crippen LogP contribution in [-0.4, -0.2) is 21.1 Å². The summed E-state index contributed by atoms with van der Waals surface area (Å²) in [6.45, 7) is 6.11. The van der Waals surface area contributed by atoms with Crippen molar-refractivity contribution in [3.8, 4) is 17.2 Å². The maximum Gasteiger partial charge on any atom is 0.174 e. The highest BCUT2D eigenvalue weighted by molar-refractivity contribution is 6.03. The lowest BCUT2D eigenvalue weighted by molar-refractivity contribution is 0.0987. The highest BCUT2D eigenvalue weighted by Crippen LogP contribution is 2.38. The Balaban J connectivity index is 2.23. The maximum absolute atomic E-state index is 12.6. The number of ketones is 1. The van der Waals surface area contributed by atoms with Crippen molar-refractivity contribution >= 4 is 5.78 Å². The summed E-state index contributed by atoms with van der Waals surface area (Å²) in [5.41, 5.74) is 3.28. The van der Waals surface area contributed by atoms with Gasteiger partial charge in [-0.1, -0.05) is 53.6 Å². The van der Waals surface area contributed by atoms with Gasteiger partial charge in [0.2, 0.25) is 0 Å². The minimum atomic E-state index is -0.413. The van der Waals surface area contributed by atoms with Crippen LogP contribution in [0.2, 0.25) is 0 Å². The predicted octanol–water partition coefficient (Wildman–Crippen LogP) is 5.46.